The van der Waals surface area contributed by atoms with Gasteiger partial charge in [-0.1, -0.05) is 31.0 Å². The summed E-state index contributed by atoms with van der Waals surface area (Å²) in [6.45, 7) is 3.30. The first-order valence-corrected chi connectivity index (χ1v) is 10.2. The smallest absolute Gasteiger partial charge is 0.325 e. The molecule has 1 aliphatic carbocycles. The third-order valence-electron chi connectivity index (χ3n) is 5.48. The number of benzene rings is 1. The fourth-order valence-corrected chi connectivity index (χ4v) is 4.00. The Bertz CT molecular complexity index is 728. The van der Waals surface area contributed by atoms with Crippen molar-refractivity contribution in [1.82, 2.24) is 15.5 Å². The largest absolute Gasteiger partial charge is 0.494 e. The second-order valence-corrected chi connectivity index (χ2v) is 7.42. The van der Waals surface area contributed by atoms with E-state index in [1.165, 1.54) is 4.90 Å². The minimum Gasteiger partial charge on any atom is -0.494 e. The van der Waals surface area contributed by atoms with Gasteiger partial charge in [0.2, 0.25) is 5.91 Å². The first-order chi connectivity index (χ1) is 13.6. The number of carbonyl (C=O) groups excluding carboxylic acids is 3. The van der Waals surface area contributed by atoms with Crippen LogP contribution in [-0.2, 0) is 16.0 Å². The highest BCUT2D eigenvalue weighted by Gasteiger charge is 2.51. The molecule has 0 radical (unpaired) electrons. The number of amides is 4. The summed E-state index contributed by atoms with van der Waals surface area (Å²) in [6, 6.07) is 7.43. The average molecular weight is 387 g/mol. The number of urea groups is 1. The van der Waals surface area contributed by atoms with E-state index in [0.29, 0.717) is 39.0 Å². The van der Waals surface area contributed by atoms with Crippen LogP contribution in [0.4, 0.5) is 4.79 Å². The number of imide groups is 1. The van der Waals surface area contributed by atoms with Gasteiger partial charge in [0.05, 0.1) is 6.61 Å². The van der Waals surface area contributed by atoms with Crippen LogP contribution in [0.1, 0.15) is 51.0 Å². The third-order valence-corrected chi connectivity index (χ3v) is 5.48. The molecule has 7 nitrogen and oxygen atoms in total. The molecular formula is C21H29N3O4. The molecule has 28 heavy (non-hydrogen) atoms. The fraction of sp³-hybridized carbons (Fsp3) is 0.571. The van der Waals surface area contributed by atoms with E-state index < -0.39 is 5.54 Å². The first-order valence-electron chi connectivity index (χ1n) is 10.2. The van der Waals surface area contributed by atoms with Crippen molar-refractivity contribution in [1.29, 1.82) is 0 Å². The highest BCUT2D eigenvalue weighted by Crippen LogP contribution is 2.34. The van der Waals surface area contributed by atoms with Crippen molar-refractivity contribution < 1.29 is 19.1 Å². The molecule has 4 amide bonds. The predicted molar refractivity (Wildman–Crippen MR) is 105 cm³/mol. The van der Waals surface area contributed by atoms with Gasteiger partial charge in [0.1, 0.15) is 11.3 Å². The summed E-state index contributed by atoms with van der Waals surface area (Å²) in [5.74, 6) is 0.668. The lowest BCUT2D eigenvalue weighted by molar-refractivity contribution is -0.131. The average Bonchev–Trinajstić information content (AvgIpc) is 3.24. The Balaban J connectivity index is 1.38. The Hall–Kier alpha value is -2.57. The number of hydrogen-bond donors (Lipinski definition) is 2. The lowest BCUT2D eigenvalue weighted by atomic mass is 9.98. The normalized spacial score (nSPS) is 17.8. The molecule has 2 aliphatic rings. The first kappa shape index (κ1) is 20.2. The van der Waals surface area contributed by atoms with Gasteiger partial charge in [0, 0.05) is 19.5 Å². The van der Waals surface area contributed by atoms with Crippen LogP contribution in [0, 0.1) is 0 Å². The SMILES string of the molecule is CCOc1ccccc1CCC(=O)NCCCN1C(=O)NC2(CCCC2)C1=O. The molecule has 1 spiro atoms. The number of carbonyl (C=O) groups is 3. The molecule has 7 heteroatoms. The zero-order chi connectivity index (χ0) is 20.0. The molecule has 3 rings (SSSR count). The number of ether oxygens (including phenoxy) is 1. The van der Waals surface area contributed by atoms with Crippen LogP contribution < -0.4 is 15.4 Å². The Labute approximate surface area is 165 Å². The summed E-state index contributed by atoms with van der Waals surface area (Å²) in [5.41, 5.74) is 0.356. The van der Waals surface area contributed by atoms with Gasteiger partial charge in [-0.05, 0) is 44.2 Å². The molecular weight excluding hydrogens is 358 g/mol. The van der Waals surface area contributed by atoms with E-state index in [1.54, 1.807) is 0 Å². The maximum absolute atomic E-state index is 12.6. The van der Waals surface area contributed by atoms with Crippen LogP contribution in [-0.4, -0.2) is 48.0 Å². The molecule has 1 heterocycles. The topological polar surface area (TPSA) is 87.7 Å². The van der Waals surface area contributed by atoms with Gasteiger partial charge < -0.3 is 15.4 Å². The van der Waals surface area contributed by atoms with Crippen molar-refractivity contribution in [3.8, 4) is 5.75 Å². The van der Waals surface area contributed by atoms with E-state index in [0.717, 1.165) is 37.0 Å². The van der Waals surface area contributed by atoms with E-state index in [-0.39, 0.29) is 17.8 Å². The van der Waals surface area contributed by atoms with E-state index >= 15 is 0 Å². The second kappa shape index (κ2) is 9.08. The highest BCUT2D eigenvalue weighted by atomic mass is 16.5. The molecule has 2 N–H and O–H groups in total. The number of hydrogen-bond acceptors (Lipinski definition) is 4. The van der Waals surface area contributed by atoms with E-state index in [2.05, 4.69) is 10.6 Å². The Morgan fingerprint density at radius 3 is 2.75 bits per heavy atom. The zero-order valence-electron chi connectivity index (χ0n) is 16.5. The summed E-state index contributed by atoms with van der Waals surface area (Å²) in [6.07, 6.45) is 4.94. The maximum atomic E-state index is 12.6. The molecule has 152 valence electrons. The van der Waals surface area contributed by atoms with Gasteiger partial charge in [-0.15, -0.1) is 0 Å². The predicted octanol–water partition coefficient (Wildman–Crippen LogP) is 2.39. The van der Waals surface area contributed by atoms with Crippen LogP contribution in [0.25, 0.3) is 0 Å². The zero-order valence-corrected chi connectivity index (χ0v) is 16.5. The summed E-state index contributed by atoms with van der Waals surface area (Å²) < 4.78 is 5.58. The van der Waals surface area contributed by atoms with Gasteiger partial charge in [-0.3, -0.25) is 14.5 Å². The molecule has 1 aromatic carbocycles. The molecule has 2 fully saturated rings. The quantitative estimate of drug-likeness (QED) is 0.503. The van der Waals surface area contributed by atoms with E-state index in [9.17, 15) is 14.4 Å². The fourth-order valence-electron chi connectivity index (χ4n) is 4.00. The van der Waals surface area contributed by atoms with Crippen molar-refractivity contribution in [2.75, 3.05) is 19.7 Å². The second-order valence-electron chi connectivity index (χ2n) is 7.42. The molecule has 0 atom stereocenters. The lowest BCUT2D eigenvalue weighted by Crippen LogP contribution is -2.44. The van der Waals surface area contributed by atoms with E-state index in [4.69, 9.17) is 4.74 Å². The number of aryl methyl sites for hydroxylation is 1. The van der Waals surface area contributed by atoms with Crippen molar-refractivity contribution in [2.24, 2.45) is 0 Å². The molecule has 1 aromatic rings. The van der Waals surface area contributed by atoms with Crippen molar-refractivity contribution in [3.63, 3.8) is 0 Å². The number of rotatable bonds is 9. The Kier molecular flexibility index (Phi) is 6.54. The lowest BCUT2D eigenvalue weighted by Gasteiger charge is -2.20. The van der Waals surface area contributed by atoms with Crippen molar-refractivity contribution in [3.05, 3.63) is 29.8 Å². The van der Waals surface area contributed by atoms with Gasteiger partial charge in [0.15, 0.2) is 0 Å². The molecule has 1 saturated carbocycles. The molecule has 0 unspecified atom stereocenters. The molecule has 1 saturated heterocycles. The van der Waals surface area contributed by atoms with Gasteiger partial charge in [-0.2, -0.15) is 0 Å². The summed E-state index contributed by atoms with van der Waals surface area (Å²) in [5, 5.41) is 5.74. The number of para-hydroxylation sites is 1. The Morgan fingerprint density at radius 1 is 1.25 bits per heavy atom. The monoisotopic (exact) mass is 387 g/mol. The maximum Gasteiger partial charge on any atom is 0.325 e. The van der Waals surface area contributed by atoms with Gasteiger partial charge >= 0.3 is 6.03 Å². The van der Waals surface area contributed by atoms with Crippen molar-refractivity contribution >= 4 is 17.8 Å². The van der Waals surface area contributed by atoms with Crippen LogP contribution in [0.5, 0.6) is 5.75 Å². The number of nitrogens with one attached hydrogen (secondary N) is 2. The van der Waals surface area contributed by atoms with E-state index in [1.807, 2.05) is 31.2 Å². The van der Waals surface area contributed by atoms with Crippen LogP contribution in [0.2, 0.25) is 0 Å². The third kappa shape index (κ3) is 4.46. The highest BCUT2D eigenvalue weighted by molar-refractivity contribution is 6.07. The van der Waals surface area contributed by atoms with Crippen LogP contribution in [0.3, 0.4) is 0 Å². The molecule has 1 aliphatic heterocycles. The Morgan fingerprint density at radius 2 is 2.00 bits per heavy atom. The minimum atomic E-state index is -0.658. The minimum absolute atomic E-state index is 0.0456. The summed E-state index contributed by atoms with van der Waals surface area (Å²) in [7, 11) is 0. The summed E-state index contributed by atoms with van der Waals surface area (Å²) in [4.78, 5) is 38.1. The van der Waals surface area contributed by atoms with Crippen LogP contribution >= 0.6 is 0 Å². The van der Waals surface area contributed by atoms with Gasteiger partial charge in [-0.25, -0.2) is 4.79 Å². The van der Waals surface area contributed by atoms with Crippen LogP contribution in [0.15, 0.2) is 24.3 Å². The summed E-state index contributed by atoms with van der Waals surface area (Å²) >= 11 is 0. The van der Waals surface area contributed by atoms with Gasteiger partial charge in [0.25, 0.3) is 5.91 Å². The molecule has 0 aromatic heterocycles. The van der Waals surface area contributed by atoms with Crippen molar-refractivity contribution in [2.45, 2.75) is 57.4 Å². The molecule has 0 bridgehead atoms. The standard InChI is InChI=1S/C21H29N3O4/c1-2-28-17-9-4-3-8-16(17)10-11-18(25)22-14-7-15-24-19(26)21(23-20(24)27)12-5-6-13-21/h3-4,8-9H,2,5-7,10-15H2,1H3,(H,22,25)(H,23,27). The number of nitrogens with zero attached hydrogens (tertiary/aromatic N) is 1.